The number of nitrogens with one attached hydrogen (secondary N) is 2. The van der Waals surface area contributed by atoms with Crippen LogP contribution in [0, 0.1) is 0 Å². The first-order valence-electron chi connectivity index (χ1n) is 10.1. The molecule has 1 aliphatic carbocycles. The van der Waals surface area contributed by atoms with Crippen molar-refractivity contribution in [3.8, 4) is 0 Å². The highest BCUT2D eigenvalue weighted by Gasteiger charge is 2.41. The Balaban J connectivity index is 1.57. The van der Waals surface area contributed by atoms with Crippen LogP contribution in [0.1, 0.15) is 68.3 Å². The number of rotatable bonds is 2. The summed E-state index contributed by atoms with van der Waals surface area (Å²) in [6.07, 6.45) is 12.0. The Morgan fingerprint density at radius 2 is 2.08 bits per heavy atom. The summed E-state index contributed by atoms with van der Waals surface area (Å²) in [6.45, 7) is 2.05. The lowest BCUT2D eigenvalue weighted by Gasteiger charge is -2.42. The van der Waals surface area contributed by atoms with Gasteiger partial charge in [0.15, 0.2) is 5.78 Å². The molecule has 2 aliphatic heterocycles. The minimum atomic E-state index is 0.0846. The van der Waals surface area contributed by atoms with E-state index in [1.165, 1.54) is 25.7 Å². The van der Waals surface area contributed by atoms with Crippen molar-refractivity contribution in [1.29, 1.82) is 0 Å². The van der Waals surface area contributed by atoms with E-state index in [1.807, 2.05) is 12.3 Å². The van der Waals surface area contributed by atoms with Crippen molar-refractivity contribution in [3.05, 3.63) is 18.0 Å². The second kappa shape index (κ2) is 6.34. The molecule has 6 nitrogen and oxygen atoms in total. The molecule has 138 valence electrons. The molecule has 5 rings (SSSR count). The normalized spacial score (nSPS) is 25.4. The third-order valence-electron chi connectivity index (χ3n) is 6.53. The number of aromatic nitrogens is 3. The second-order valence-corrected chi connectivity index (χ2v) is 8.23. The summed E-state index contributed by atoms with van der Waals surface area (Å²) in [5.41, 5.74) is 1.87. The maximum Gasteiger partial charge on any atom is 0.224 e. The monoisotopic (exact) mass is 353 g/mol. The van der Waals surface area contributed by atoms with Crippen molar-refractivity contribution < 1.29 is 4.79 Å². The molecule has 1 spiro atoms. The molecule has 0 aromatic carbocycles. The van der Waals surface area contributed by atoms with Crippen LogP contribution in [0.2, 0.25) is 0 Å². The zero-order valence-electron chi connectivity index (χ0n) is 15.3. The van der Waals surface area contributed by atoms with E-state index in [1.54, 1.807) is 0 Å². The summed E-state index contributed by atoms with van der Waals surface area (Å²) in [7, 11) is 0. The number of hydrogen-bond donors (Lipinski definition) is 2. The summed E-state index contributed by atoms with van der Waals surface area (Å²) in [5, 5.41) is 7.90. The van der Waals surface area contributed by atoms with Gasteiger partial charge in [-0.1, -0.05) is 19.3 Å². The average Bonchev–Trinajstić information content (AvgIpc) is 3.07. The van der Waals surface area contributed by atoms with Crippen LogP contribution >= 0.6 is 0 Å². The Hall–Kier alpha value is -1.95. The lowest BCUT2D eigenvalue weighted by Crippen LogP contribution is -2.41. The predicted octanol–water partition coefficient (Wildman–Crippen LogP) is 3.23. The smallest absolute Gasteiger partial charge is 0.224 e. The predicted molar refractivity (Wildman–Crippen MR) is 102 cm³/mol. The van der Waals surface area contributed by atoms with Gasteiger partial charge in [-0.05, 0) is 44.7 Å². The zero-order chi connectivity index (χ0) is 17.6. The van der Waals surface area contributed by atoms with E-state index >= 15 is 0 Å². The van der Waals surface area contributed by atoms with Gasteiger partial charge in [-0.25, -0.2) is 4.98 Å². The first-order chi connectivity index (χ1) is 12.8. The quantitative estimate of drug-likeness (QED) is 0.867. The van der Waals surface area contributed by atoms with Crippen molar-refractivity contribution in [3.63, 3.8) is 0 Å². The Labute approximate surface area is 153 Å². The third kappa shape index (κ3) is 2.62. The molecule has 0 amide bonds. The maximum atomic E-state index is 12.6. The molecular formula is C20H27N5O. The number of anilines is 1. The van der Waals surface area contributed by atoms with E-state index in [4.69, 9.17) is 4.98 Å². The van der Waals surface area contributed by atoms with E-state index in [-0.39, 0.29) is 11.3 Å². The Kier molecular flexibility index (Phi) is 3.96. The molecular weight excluding hydrogens is 326 g/mol. The Morgan fingerprint density at radius 3 is 2.88 bits per heavy atom. The number of nitrogens with zero attached hydrogens (tertiary/aromatic N) is 3. The van der Waals surface area contributed by atoms with Crippen LogP contribution < -0.4 is 10.6 Å². The van der Waals surface area contributed by atoms with Gasteiger partial charge >= 0.3 is 0 Å². The fraction of sp³-hybridized carbons (Fsp3) is 0.650. The van der Waals surface area contributed by atoms with Crippen LogP contribution in [-0.2, 0) is 5.54 Å². The van der Waals surface area contributed by atoms with Gasteiger partial charge in [0, 0.05) is 36.1 Å². The topological polar surface area (TPSA) is 71.8 Å². The van der Waals surface area contributed by atoms with E-state index < -0.39 is 0 Å². The fourth-order valence-corrected chi connectivity index (χ4v) is 5.17. The SMILES string of the molecule is O=C1CCC2(CCCCC2)n2c1cc1cnc(NC3CCCNC3)nc12. The number of Topliss-reactive ketones (excluding diaryl/α,β-unsaturated/α-hetero) is 1. The minimum Gasteiger partial charge on any atom is -0.350 e. The highest BCUT2D eigenvalue weighted by atomic mass is 16.1. The number of carbonyl (C=O) groups is 1. The lowest BCUT2D eigenvalue weighted by atomic mass is 9.75. The fourth-order valence-electron chi connectivity index (χ4n) is 5.17. The number of hydrogen-bond acceptors (Lipinski definition) is 5. The maximum absolute atomic E-state index is 12.6. The van der Waals surface area contributed by atoms with Crippen LogP contribution in [0.25, 0.3) is 11.0 Å². The molecule has 6 heteroatoms. The van der Waals surface area contributed by atoms with Gasteiger partial charge in [0.2, 0.25) is 5.95 Å². The van der Waals surface area contributed by atoms with E-state index in [9.17, 15) is 4.79 Å². The first-order valence-corrected chi connectivity index (χ1v) is 10.1. The Morgan fingerprint density at radius 1 is 1.19 bits per heavy atom. The van der Waals surface area contributed by atoms with Gasteiger partial charge < -0.3 is 15.2 Å². The van der Waals surface area contributed by atoms with Crippen molar-refractivity contribution in [1.82, 2.24) is 19.9 Å². The molecule has 0 bridgehead atoms. The number of piperidine rings is 1. The van der Waals surface area contributed by atoms with E-state index in [0.717, 1.165) is 55.5 Å². The van der Waals surface area contributed by atoms with Crippen LogP contribution in [0.3, 0.4) is 0 Å². The molecule has 1 saturated heterocycles. The molecule has 1 atom stereocenters. The summed E-state index contributed by atoms with van der Waals surface area (Å²) in [4.78, 5) is 22.0. The molecule has 1 unspecified atom stereocenters. The van der Waals surface area contributed by atoms with Crippen LogP contribution in [-0.4, -0.2) is 39.4 Å². The molecule has 2 aromatic heterocycles. The molecule has 0 radical (unpaired) electrons. The minimum absolute atomic E-state index is 0.0846. The molecule has 2 N–H and O–H groups in total. The van der Waals surface area contributed by atoms with Gasteiger partial charge in [0.1, 0.15) is 5.65 Å². The van der Waals surface area contributed by atoms with E-state index in [2.05, 4.69) is 20.2 Å². The number of fused-ring (bicyclic) bond motifs is 4. The van der Waals surface area contributed by atoms with Crippen molar-refractivity contribution in [2.24, 2.45) is 0 Å². The van der Waals surface area contributed by atoms with Gasteiger partial charge in [0.05, 0.1) is 5.69 Å². The second-order valence-electron chi connectivity index (χ2n) is 8.23. The number of carbonyl (C=O) groups excluding carboxylic acids is 1. The lowest BCUT2D eigenvalue weighted by molar-refractivity contribution is 0.0852. The highest BCUT2D eigenvalue weighted by Crippen LogP contribution is 2.45. The van der Waals surface area contributed by atoms with Gasteiger partial charge in [0.25, 0.3) is 0 Å². The van der Waals surface area contributed by atoms with Gasteiger partial charge in [-0.3, -0.25) is 4.79 Å². The van der Waals surface area contributed by atoms with Crippen LogP contribution in [0.4, 0.5) is 5.95 Å². The average molecular weight is 353 g/mol. The third-order valence-corrected chi connectivity index (χ3v) is 6.53. The summed E-state index contributed by atoms with van der Waals surface area (Å²) < 4.78 is 2.29. The standard InChI is InChI=1S/C20H27N5O/c26-17-6-9-20(7-2-1-3-8-20)25-16(17)11-14-12-22-19(24-18(14)25)23-15-5-4-10-21-13-15/h11-12,15,21H,1-10,13H2,(H,22,23,24). The highest BCUT2D eigenvalue weighted by molar-refractivity contribution is 6.00. The molecule has 26 heavy (non-hydrogen) atoms. The molecule has 1 saturated carbocycles. The molecule has 3 aliphatic rings. The summed E-state index contributed by atoms with van der Waals surface area (Å²) >= 11 is 0. The number of ketones is 1. The van der Waals surface area contributed by atoms with Crippen molar-refractivity contribution in [2.75, 3.05) is 18.4 Å². The summed E-state index contributed by atoms with van der Waals surface area (Å²) in [6, 6.07) is 2.39. The van der Waals surface area contributed by atoms with E-state index in [0.29, 0.717) is 18.4 Å². The molecule has 4 heterocycles. The molecule has 2 aromatic rings. The van der Waals surface area contributed by atoms with Crippen LogP contribution in [0.15, 0.2) is 12.3 Å². The summed E-state index contributed by atoms with van der Waals surface area (Å²) in [5.74, 6) is 0.946. The first kappa shape index (κ1) is 16.2. The van der Waals surface area contributed by atoms with Gasteiger partial charge in [-0.15, -0.1) is 0 Å². The van der Waals surface area contributed by atoms with Crippen LogP contribution in [0.5, 0.6) is 0 Å². The largest absolute Gasteiger partial charge is 0.350 e. The Bertz CT molecular complexity index is 830. The molecule has 2 fully saturated rings. The van der Waals surface area contributed by atoms with Crippen molar-refractivity contribution in [2.45, 2.75) is 69.4 Å². The zero-order valence-corrected chi connectivity index (χ0v) is 15.3. The van der Waals surface area contributed by atoms with Crippen molar-refractivity contribution >= 4 is 22.8 Å². The van der Waals surface area contributed by atoms with Gasteiger partial charge in [-0.2, -0.15) is 4.98 Å².